The summed E-state index contributed by atoms with van der Waals surface area (Å²) in [7, 11) is 1.81. The summed E-state index contributed by atoms with van der Waals surface area (Å²) >= 11 is 0. The van der Waals surface area contributed by atoms with Gasteiger partial charge in [0.25, 0.3) is 0 Å². The average molecular weight is 197 g/mol. The highest BCUT2D eigenvalue weighted by Gasteiger charge is 2.40. The average Bonchev–Trinajstić information content (AvgIpc) is 2.98. The summed E-state index contributed by atoms with van der Waals surface area (Å²) in [5.74, 6) is 1.89. The van der Waals surface area contributed by atoms with E-state index < -0.39 is 0 Å². The van der Waals surface area contributed by atoms with Crippen molar-refractivity contribution in [2.75, 3.05) is 13.7 Å². The Morgan fingerprint density at radius 3 is 2.79 bits per heavy atom. The summed E-state index contributed by atoms with van der Waals surface area (Å²) in [5.41, 5.74) is 0. The third-order valence-corrected chi connectivity index (χ3v) is 3.55. The monoisotopic (exact) mass is 197 g/mol. The molecule has 2 heteroatoms. The Morgan fingerprint density at radius 2 is 2.21 bits per heavy atom. The smallest absolute Gasteiger partial charge is 0.0618 e. The van der Waals surface area contributed by atoms with Gasteiger partial charge in [0.1, 0.15) is 0 Å². The number of nitrogens with one attached hydrogen (secondary N) is 1. The quantitative estimate of drug-likeness (QED) is 0.675. The number of hydrogen-bond acceptors (Lipinski definition) is 2. The van der Waals surface area contributed by atoms with Crippen molar-refractivity contribution >= 4 is 0 Å². The first-order valence-corrected chi connectivity index (χ1v) is 6.10. The van der Waals surface area contributed by atoms with Crippen LogP contribution in [0.3, 0.4) is 0 Å². The van der Waals surface area contributed by atoms with E-state index in [2.05, 4.69) is 12.2 Å². The van der Waals surface area contributed by atoms with Crippen LogP contribution in [0.15, 0.2) is 0 Å². The van der Waals surface area contributed by atoms with E-state index in [0.29, 0.717) is 6.04 Å². The van der Waals surface area contributed by atoms with E-state index in [9.17, 15) is 0 Å². The molecule has 0 spiro atoms. The first-order valence-electron chi connectivity index (χ1n) is 6.10. The molecule has 2 aliphatic carbocycles. The molecule has 0 bridgehead atoms. The molecule has 14 heavy (non-hydrogen) atoms. The fourth-order valence-electron chi connectivity index (χ4n) is 2.41. The third kappa shape index (κ3) is 2.71. The number of methoxy groups -OCH3 is 1. The van der Waals surface area contributed by atoms with Crippen molar-refractivity contribution in [2.45, 2.75) is 51.1 Å². The molecule has 1 N–H and O–H groups in total. The zero-order chi connectivity index (χ0) is 9.97. The maximum Gasteiger partial charge on any atom is 0.0618 e. The Hall–Kier alpha value is -0.0800. The number of hydrogen-bond donors (Lipinski definition) is 1. The normalized spacial score (nSPS) is 33.0. The van der Waals surface area contributed by atoms with Crippen molar-refractivity contribution in [3.8, 4) is 0 Å². The van der Waals surface area contributed by atoms with Gasteiger partial charge in [-0.2, -0.15) is 0 Å². The number of ether oxygens (including phenoxy) is 1. The first kappa shape index (κ1) is 10.4. The molecule has 0 amide bonds. The SMILES string of the molecule is CCCC1CC1NC(COC)C1CC1. The molecular weight excluding hydrogens is 174 g/mol. The molecular formula is C12H23NO. The Bertz CT molecular complexity index is 179. The lowest BCUT2D eigenvalue weighted by molar-refractivity contribution is 0.156. The zero-order valence-corrected chi connectivity index (χ0v) is 9.46. The summed E-state index contributed by atoms with van der Waals surface area (Å²) < 4.78 is 5.27. The predicted octanol–water partition coefficient (Wildman–Crippen LogP) is 2.19. The third-order valence-electron chi connectivity index (χ3n) is 3.55. The van der Waals surface area contributed by atoms with Gasteiger partial charge in [0.2, 0.25) is 0 Å². The van der Waals surface area contributed by atoms with E-state index in [0.717, 1.165) is 24.5 Å². The minimum Gasteiger partial charge on any atom is -0.383 e. The van der Waals surface area contributed by atoms with Gasteiger partial charge >= 0.3 is 0 Å². The van der Waals surface area contributed by atoms with Crippen LogP contribution in [0.2, 0.25) is 0 Å². The van der Waals surface area contributed by atoms with Crippen molar-refractivity contribution in [3.63, 3.8) is 0 Å². The first-order chi connectivity index (χ1) is 6.85. The summed E-state index contributed by atoms with van der Waals surface area (Å²) in [6.07, 6.45) is 6.96. The molecule has 2 aliphatic rings. The van der Waals surface area contributed by atoms with Gasteiger partial charge in [-0.3, -0.25) is 0 Å². The molecule has 0 aromatic heterocycles. The molecule has 3 unspecified atom stereocenters. The van der Waals surface area contributed by atoms with Crippen molar-refractivity contribution in [2.24, 2.45) is 11.8 Å². The van der Waals surface area contributed by atoms with Crippen LogP contribution in [-0.2, 0) is 4.74 Å². The second-order valence-electron chi connectivity index (χ2n) is 4.96. The molecule has 0 aromatic rings. The van der Waals surface area contributed by atoms with E-state index in [-0.39, 0.29) is 0 Å². The minimum absolute atomic E-state index is 0.645. The molecule has 0 aliphatic heterocycles. The van der Waals surface area contributed by atoms with Crippen LogP contribution in [0.5, 0.6) is 0 Å². The molecule has 82 valence electrons. The molecule has 3 atom stereocenters. The van der Waals surface area contributed by atoms with Gasteiger partial charge in [-0.1, -0.05) is 13.3 Å². The summed E-state index contributed by atoms with van der Waals surface area (Å²) in [5, 5.41) is 3.76. The Morgan fingerprint density at radius 1 is 1.43 bits per heavy atom. The summed E-state index contributed by atoms with van der Waals surface area (Å²) in [6, 6.07) is 1.46. The van der Waals surface area contributed by atoms with Crippen LogP contribution in [0.1, 0.15) is 39.0 Å². The Kier molecular flexibility index (Phi) is 3.45. The highest BCUT2D eigenvalue weighted by molar-refractivity contribution is 4.97. The summed E-state index contributed by atoms with van der Waals surface area (Å²) in [4.78, 5) is 0. The fourth-order valence-corrected chi connectivity index (χ4v) is 2.41. The zero-order valence-electron chi connectivity index (χ0n) is 9.46. The van der Waals surface area contributed by atoms with Gasteiger partial charge in [0.05, 0.1) is 6.61 Å². The molecule has 2 rings (SSSR count). The topological polar surface area (TPSA) is 21.3 Å². The van der Waals surface area contributed by atoms with Crippen LogP contribution in [0, 0.1) is 11.8 Å². The van der Waals surface area contributed by atoms with Crippen LogP contribution in [0.25, 0.3) is 0 Å². The van der Waals surface area contributed by atoms with Crippen LogP contribution >= 0.6 is 0 Å². The second kappa shape index (κ2) is 4.63. The molecule has 0 aromatic carbocycles. The molecule has 0 saturated heterocycles. The van der Waals surface area contributed by atoms with E-state index in [1.165, 1.54) is 32.1 Å². The lowest BCUT2D eigenvalue weighted by Gasteiger charge is -2.17. The van der Waals surface area contributed by atoms with Gasteiger partial charge in [-0.25, -0.2) is 0 Å². The number of rotatable bonds is 7. The van der Waals surface area contributed by atoms with E-state index in [1.807, 2.05) is 7.11 Å². The maximum atomic E-state index is 5.27. The van der Waals surface area contributed by atoms with Gasteiger partial charge in [-0.05, 0) is 37.5 Å². The lowest BCUT2D eigenvalue weighted by Crippen LogP contribution is -2.37. The van der Waals surface area contributed by atoms with Gasteiger partial charge in [0.15, 0.2) is 0 Å². The van der Waals surface area contributed by atoms with Gasteiger partial charge in [-0.15, -0.1) is 0 Å². The predicted molar refractivity (Wildman–Crippen MR) is 58.3 cm³/mol. The van der Waals surface area contributed by atoms with E-state index in [4.69, 9.17) is 4.74 Å². The molecule has 0 heterocycles. The van der Waals surface area contributed by atoms with E-state index in [1.54, 1.807) is 0 Å². The molecule has 2 fully saturated rings. The van der Waals surface area contributed by atoms with Gasteiger partial charge < -0.3 is 10.1 Å². The fraction of sp³-hybridized carbons (Fsp3) is 1.00. The maximum absolute atomic E-state index is 5.27. The lowest BCUT2D eigenvalue weighted by atomic mass is 10.2. The van der Waals surface area contributed by atoms with Crippen LogP contribution in [0.4, 0.5) is 0 Å². The highest BCUT2D eigenvalue weighted by Crippen LogP contribution is 2.38. The standard InChI is InChI=1S/C12H23NO/c1-3-4-10-7-11(10)13-12(8-14-2)9-5-6-9/h9-13H,3-8H2,1-2H3. The van der Waals surface area contributed by atoms with Crippen molar-refractivity contribution in [1.82, 2.24) is 5.32 Å². The van der Waals surface area contributed by atoms with Crippen molar-refractivity contribution in [1.29, 1.82) is 0 Å². The van der Waals surface area contributed by atoms with Crippen molar-refractivity contribution < 1.29 is 4.74 Å². The van der Waals surface area contributed by atoms with E-state index >= 15 is 0 Å². The minimum atomic E-state index is 0.645. The molecule has 2 nitrogen and oxygen atoms in total. The van der Waals surface area contributed by atoms with Gasteiger partial charge in [0, 0.05) is 19.2 Å². The van der Waals surface area contributed by atoms with Crippen LogP contribution in [-0.4, -0.2) is 25.8 Å². The molecule has 2 saturated carbocycles. The van der Waals surface area contributed by atoms with Crippen molar-refractivity contribution in [3.05, 3.63) is 0 Å². The summed E-state index contributed by atoms with van der Waals surface area (Å²) in [6.45, 7) is 3.18. The Balaban J connectivity index is 1.67. The van der Waals surface area contributed by atoms with Crippen LogP contribution < -0.4 is 5.32 Å². The second-order valence-corrected chi connectivity index (χ2v) is 4.96. The largest absolute Gasteiger partial charge is 0.383 e. The Labute approximate surface area is 87.4 Å². The molecule has 0 radical (unpaired) electrons. The highest BCUT2D eigenvalue weighted by atomic mass is 16.5.